The number of nitrogens with two attached hydrogens (primary N) is 1. The fraction of sp³-hybridized carbons (Fsp3) is 0.533. The molecule has 4 rings (SSSR count). The number of nitrogens with one attached hydrogen (secondary N) is 2. The first-order chi connectivity index (χ1) is 10.2. The summed E-state index contributed by atoms with van der Waals surface area (Å²) in [4.78, 5) is 13.7. The van der Waals surface area contributed by atoms with Gasteiger partial charge in [0.2, 0.25) is 5.95 Å². The second-order valence-corrected chi connectivity index (χ2v) is 5.97. The van der Waals surface area contributed by atoms with E-state index in [0.29, 0.717) is 17.8 Å². The summed E-state index contributed by atoms with van der Waals surface area (Å²) in [6.07, 6.45) is 4.40. The molecular formula is C15H20N6. The lowest BCUT2D eigenvalue weighted by Gasteiger charge is -2.14. The SMILES string of the molecule is Cc1nc2nc(NC3CCNC3)nc(N)c2c2c1CCC2. The molecule has 2 aromatic rings. The van der Waals surface area contributed by atoms with Crippen molar-refractivity contribution in [3.05, 3.63) is 16.8 Å². The van der Waals surface area contributed by atoms with Crippen LogP contribution in [0.15, 0.2) is 0 Å². The zero-order chi connectivity index (χ0) is 14.4. The maximum absolute atomic E-state index is 6.21. The van der Waals surface area contributed by atoms with Crippen LogP contribution in [0.1, 0.15) is 29.7 Å². The van der Waals surface area contributed by atoms with Crippen LogP contribution in [0.4, 0.5) is 11.8 Å². The first-order valence-corrected chi connectivity index (χ1v) is 7.65. The molecule has 1 aliphatic heterocycles. The minimum absolute atomic E-state index is 0.373. The molecule has 6 heteroatoms. The van der Waals surface area contributed by atoms with Crippen molar-refractivity contribution in [2.75, 3.05) is 24.1 Å². The molecular weight excluding hydrogens is 264 g/mol. The number of fused-ring (bicyclic) bond motifs is 3. The summed E-state index contributed by atoms with van der Waals surface area (Å²) in [7, 11) is 0. The predicted molar refractivity (Wildman–Crippen MR) is 83.4 cm³/mol. The van der Waals surface area contributed by atoms with Crippen LogP contribution in [0.3, 0.4) is 0 Å². The molecule has 1 aliphatic carbocycles. The highest BCUT2D eigenvalue weighted by Crippen LogP contribution is 2.33. The number of hydrogen-bond acceptors (Lipinski definition) is 6. The molecule has 3 heterocycles. The van der Waals surface area contributed by atoms with E-state index in [1.54, 1.807) is 0 Å². The van der Waals surface area contributed by atoms with Crippen LogP contribution >= 0.6 is 0 Å². The smallest absolute Gasteiger partial charge is 0.226 e. The van der Waals surface area contributed by atoms with Crippen molar-refractivity contribution in [2.24, 2.45) is 0 Å². The summed E-state index contributed by atoms with van der Waals surface area (Å²) in [5.41, 5.74) is 10.7. The number of pyridine rings is 1. The quantitative estimate of drug-likeness (QED) is 0.767. The van der Waals surface area contributed by atoms with Gasteiger partial charge in [-0.25, -0.2) is 4.98 Å². The van der Waals surface area contributed by atoms with Gasteiger partial charge in [0.15, 0.2) is 5.65 Å². The Morgan fingerprint density at radius 2 is 2.05 bits per heavy atom. The van der Waals surface area contributed by atoms with E-state index in [4.69, 9.17) is 5.73 Å². The minimum atomic E-state index is 0.373. The Morgan fingerprint density at radius 3 is 2.86 bits per heavy atom. The fourth-order valence-electron chi connectivity index (χ4n) is 3.51. The number of nitrogen functional groups attached to an aromatic ring is 1. The van der Waals surface area contributed by atoms with Gasteiger partial charge in [0, 0.05) is 18.3 Å². The highest BCUT2D eigenvalue weighted by molar-refractivity contribution is 5.91. The molecule has 0 aromatic carbocycles. The molecule has 1 saturated heterocycles. The average Bonchev–Trinajstić information content (AvgIpc) is 3.09. The number of nitrogens with zero attached hydrogens (tertiary/aromatic N) is 3. The van der Waals surface area contributed by atoms with Crippen LogP contribution in [0.25, 0.3) is 11.0 Å². The third-order valence-electron chi connectivity index (χ3n) is 4.54. The fourth-order valence-corrected chi connectivity index (χ4v) is 3.51. The second-order valence-electron chi connectivity index (χ2n) is 5.97. The molecule has 2 aromatic heterocycles. The third kappa shape index (κ3) is 2.10. The van der Waals surface area contributed by atoms with Crippen LogP contribution < -0.4 is 16.4 Å². The molecule has 6 nitrogen and oxygen atoms in total. The van der Waals surface area contributed by atoms with Crippen molar-refractivity contribution in [1.29, 1.82) is 0 Å². The standard InChI is InChI=1S/C15H20N6/c1-8-10-3-2-4-11(10)12-13(16)20-15(21-14(12)18-8)19-9-5-6-17-7-9/h9,17H,2-7H2,1H3,(H3,16,18,19,20,21). The van der Waals surface area contributed by atoms with E-state index in [1.165, 1.54) is 17.5 Å². The molecule has 0 bridgehead atoms. The van der Waals surface area contributed by atoms with E-state index < -0.39 is 0 Å². The lowest BCUT2D eigenvalue weighted by Crippen LogP contribution is -2.23. The molecule has 1 fully saturated rings. The summed E-state index contributed by atoms with van der Waals surface area (Å²) in [5.74, 6) is 1.15. The molecule has 1 unspecified atom stereocenters. The van der Waals surface area contributed by atoms with E-state index in [-0.39, 0.29) is 0 Å². The molecule has 0 saturated carbocycles. The van der Waals surface area contributed by atoms with Crippen LogP contribution in [0.2, 0.25) is 0 Å². The number of rotatable bonds is 2. The number of anilines is 2. The van der Waals surface area contributed by atoms with Crippen LogP contribution in [0.5, 0.6) is 0 Å². The average molecular weight is 284 g/mol. The van der Waals surface area contributed by atoms with E-state index in [0.717, 1.165) is 49.1 Å². The van der Waals surface area contributed by atoms with E-state index >= 15 is 0 Å². The number of hydrogen-bond donors (Lipinski definition) is 3. The topological polar surface area (TPSA) is 88.8 Å². The Balaban J connectivity index is 1.80. The van der Waals surface area contributed by atoms with Gasteiger partial charge >= 0.3 is 0 Å². The van der Waals surface area contributed by atoms with Gasteiger partial charge in [-0.05, 0) is 50.3 Å². The van der Waals surface area contributed by atoms with Crippen molar-refractivity contribution < 1.29 is 0 Å². The maximum atomic E-state index is 6.21. The third-order valence-corrected chi connectivity index (χ3v) is 4.54. The Labute approximate surface area is 123 Å². The van der Waals surface area contributed by atoms with E-state index in [2.05, 4.69) is 32.5 Å². The Hall–Kier alpha value is -1.95. The largest absolute Gasteiger partial charge is 0.383 e. The lowest BCUT2D eigenvalue weighted by molar-refractivity contribution is 0.782. The van der Waals surface area contributed by atoms with E-state index in [1.807, 2.05) is 0 Å². The zero-order valence-electron chi connectivity index (χ0n) is 12.2. The van der Waals surface area contributed by atoms with Crippen LogP contribution in [0, 0.1) is 6.92 Å². The molecule has 1 atom stereocenters. The van der Waals surface area contributed by atoms with Gasteiger partial charge in [-0.1, -0.05) is 0 Å². The molecule has 0 spiro atoms. The van der Waals surface area contributed by atoms with Crippen molar-refractivity contribution in [1.82, 2.24) is 20.3 Å². The summed E-state index contributed by atoms with van der Waals surface area (Å²) >= 11 is 0. The van der Waals surface area contributed by atoms with E-state index in [9.17, 15) is 0 Å². The Bertz CT molecular complexity index is 705. The highest BCUT2D eigenvalue weighted by atomic mass is 15.2. The van der Waals surface area contributed by atoms with Crippen molar-refractivity contribution in [3.63, 3.8) is 0 Å². The molecule has 2 aliphatic rings. The molecule has 4 N–H and O–H groups in total. The van der Waals surface area contributed by atoms with Crippen molar-refractivity contribution in [3.8, 4) is 0 Å². The molecule has 110 valence electrons. The normalized spacial score (nSPS) is 20.9. The van der Waals surface area contributed by atoms with Gasteiger partial charge < -0.3 is 16.4 Å². The van der Waals surface area contributed by atoms with Gasteiger partial charge in [0.25, 0.3) is 0 Å². The predicted octanol–water partition coefficient (Wildman–Crippen LogP) is 1.18. The molecule has 0 radical (unpaired) electrons. The van der Waals surface area contributed by atoms with Crippen LogP contribution in [-0.2, 0) is 12.8 Å². The first kappa shape index (κ1) is 12.8. The molecule has 0 amide bonds. The van der Waals surface area contributed by atoms with Gasteiger partial charge in [0.1, 0.15) is 5.82 Å². The van der Waals surface area contributed by atoms with Crippen molar-refractivity contribution in [2.45, 2.75) is 38.6 Å². The monoisotopic (exact) mass is 284 g/mol. The lowest BCUT2D eigenvalue weighted by atomic mass is 10.1. The first-order valence-electron chi connectivity index (χ1n) is 7.65. The minimum Gasteiger partial charge on any atom is -0.383 e. The second kappa shape index (κ2) is 4.80. The van der Waals surface area contributed by atoms with Gasteiger partial charge in [-0.3, -0.25) is 0 Å². The maximum Gasteiger partial charge on any atom is 0.226 e. The summed E-state index contributed by atoms with van der Waals surface area (Å²) in [6.45, 7) is 4.04. The van der Waals surface area contributed by atoms with Crippen LogP contribution in [-0.4, -0.2) is 34.1 Å². The summed E-state index contributed by atoms with van der Waals surface area (Å²) in [6, 6.07) is 0.373. The van der Waals surface area contributed by atoms with Gasteiger partial charge in [0.05, 0.1) is 5.39 Å². The zero-order valence-corrected chi connectivity index (χ0v) is 12.2. The summed E-state index contributed by atoms with van der Waals surface area (Å²) in [5, 5.41) is 7.64. The Morgan fingerprint density at radius 1 is 1.19 bits per heavy atom. The highest BCUT2D eigenvalue weighted by Gasteiger charge is 2.22. The number of aromatic nitrogens is 3. The van der Waals surface area contributed by atoms with Gasteiger partial charge in [-0.15, -0.1) is 0 Å². The van der Waals surface area contributed by atoms with Gasteiger partial charge in [-0.2, -0.15) is 9.97 Å². The Kier molecular flexibility index (Phi) is 2.92. The number of aryl methyl sites for hydroxylation is 2. The molecule has 21 heavy (non-hydrogen) atoms. The van der Waals surface area contributed by atoms with Crippen molar-refractivity contribution >= 4 is 22.8 Å². The summed E-state index contributed by atoms with van der Waals surface area (Å²) < 4.78 is 0.